The molecule has 0 fully saturated rings. The molecule has 0 bridgehead atoms. The van der Waals surface area contributed by atoms with Crippen molar-refractivity contribution < 1.29 is 101 Å². The number of aryl methyl sites for hydroxylation is 1. The van der Waals surface area contributed by atoms with Crippen LogP contribution in [0.15, 0.2) is 119 Å². The number of unbranched alkanes of at least 4 members (excludes halogenated alkanes) is 1. The number of aliphatic carboxylic acids is 5. The van der Waals surface area contributed by atoms with Gasteiger partial charge in [-0.3, -0.25) is 38.7 Å². The second-order valence-corrected chi connectivity index (χ2v) is 22.4. The molecule has 27 heteroatoms. The molecule has 81 heavy (non-hydrogen) atoms. The van der Waals surface area contributed by atoms with Gasteiger partial charge in [-0.05, 0) is 66.3 Å². The first kappa shape index (κ1) is 65.2. The van der Waals surface area contributed by atoms with Gasteiger partial charge in [0, 0.05) is 25.7 Å². The molecule has 0 aliphatic carbocycles. The Kier molecular flexibility index (Phi) is 26.8. The van der Waals surface area contributed by atoms with Gasteiger partial charge in [0.25, 0.3) is 0 Å². The van der Waals surface area contributed by atoms with Gasteiger partial charge in [0.05, 0.1) is 49.7 Å². The first-order valence-electron chi connectivity index (χ1n) is 25.0. The maximum atomic E-state index is 12.8. The van der Waals surface area contributed by atoms with E-state index in [1.807, 2.05) is 36.4 Å². The number of ether oxygens (including phenoxy) is 5. The van der Waals surface area contributed by atoms with Gasteiger partial charge < -0.3 is 39.7 Å². The molecule has 0 aromatic heterocycles. The molecule has 0 aliphatic heterocycles. The standard InChI is InChI=1S/C54H62N3O21S2.Bi/c1-2-3-7-37-10-12-40(13-11-37)34-72-43-18-20-46(48(25-43)79-78-77-68)74-35-45(36-75-47-21-19-44(26-49(47)80(69,70)71)73-33-39-8-5-4-6-9-39)76-42-16-14-38(15-17-42)24-41(57(31-53(64)65)32-54(66)67)27-55(28-50(58)59)22-23-56(29-51(60)61)30-52(62)63;/h5-6,8-21,25-26,41,45,68H,2-3,7,22-24,27-36H2,1H3,(H,58,59)(H,60,61)(H,62,63)(H,64,65)(H,66,67)(H,69,70,71);. The molecular weight excluding hydrogens is 1300 g/mol. The van der Waals surface area contributed by atoms with Gasteiger partial charge in [-0.1, -0.05) is 54.8 Å². The van der Waals surface area contributed by atoms with Crippen LogP contribution in [-0.2, 0) is 69.5 Å². The van der Waals surface area contributed by atoms with Gasteiger partial charge >= 0.3 is 168 Å². The first-order chi connectivity index (χ1) is 38.6. The van der Waals surface area contributed by atoms with Gasteiger partial charge in [0.15, 0.2) is 6.10 Å². The summed E-state index contributed by atoms with van der Waals surface area (Å²) in [6, 6.07) is 29.6. The van der Waals surface area contributed by atoms with Crippen molar-refractivity contribution in [1.29, 1.82) is 0 Å². The van der Waals surface area contributed by atoms with Crippen molar-refractivity contribution in [3.8, 4) is 28.7 Å². The van der Waals surface area contributed by atoms with E-state index in [0.717, 1.165) is 74.2 Å². The van der Waals surface area contributed by atoms with Crippen LogP contribution in [-0.4, -0.2) is 191 Å². The number of hydrogen-bond donors (Lipinski definition) is 7. The number of nitrogens with zero attached hydrogens (tertiary/aromatic N) is 3. The molecule has 0 aliphatic rings. The quantitative estimate of drug-likeness (QED) is 0.00913. The van der Waals surface area contributed by atoms with Gasteiger partial charge in [0.2, 0.25) is 0 Å². The summed E-state index contributed by atoms with van der Waals surface area (Å²) in [6.45, 7) is -2.46. The number of carbonyl (C=O) groups is 5. The summed E-state index contributed by atoms with van der Waals surface area (Å²) in [7, 11) is -4.90. The molecular formula is C54H62BiN3O21S2. The Hall–Kier alpha value is -6.65. The molecule has 2 radical (unpaired) electrons. The van der Waals surface area contributed by atoms with Crippen LogP contribution in [0, 0.1) is 0 Å². The summed E-state index contributed by atoms with van der Waals surface area (Å²) in [5.41, 5.74) is 3.45. The normalized spacial score (nSPS) is 12.2. The molecule has 0 spiro atoms. The zero-order chi connectivity index (χ0) is 58.9. The predicted molar refractivity (Wildman–Crippen MR) is 291 cm³/mol. The van der Waals surface area contributed by atoms with Crippen LogP contribution >= 0.6 is 12.0 Å². The second-order valence-electron chi connectivity index (χ2n) is 18.3. The maximum Gasteiger partial charge on any atom is 0.317 e. The van der Waals surface area contributed by atoms with Crippen molar-refractivity contribution in [2.45, 2.75) is 67.8 Å². The van der Waals surface area contributed by atoms with Gasteiger partial charge in [0.1, 0.15) is 30.5 Å². The van der Waals surface area contributed by atoms with Crippen molar-refractivity contribution in [1.82, 2.24) is 14.7 Å². The monoisotopic (exact) mass is 1360 g/mol. The Morgan fingerprint density at radius 2 is 1.07 bits per heavy atom. The molecule has 5 aromatic rings. The van der Waals surface area contributed by atoms with E-state index in [1.54, 1.807) is 30.3 Å². The Labute approximate surface area is 486 Å². The molecule has 5 rings (SSSR count). The molecule has 436 valence electrons. The minimum Gasteiger partial charge on any atom is -0.483 e. The van der Waals surface area contributed by atoms with Crippen LogP contribution in [0.3, 0.4) is 0 Å². The first-order valence-corrected chi connectivity index (χ1v) is 28.9. The summed E-state index contributed by atoms with van der Waals surface area (Å²) in [6.07, 6.45) is 1.98. The molecule has 0 amide bonds. The topological polar surface area (TPSA) is 335 Å². The summed E-state index contributed by atoms with van der Waals surface area (Å²) in [4.78, 5) is 62.3. The van der Waals surface area contributed by atoms with Gasteiger partial charge in [-0.25, -0.2) is 5.26 Å². The van der Waals surface area contributed by atoms with Crippen molar-refractivity contribution in [3.05, 3.63) is 131 Å². The zero-order valence-corrected chi connectivity index (χ0v) is 48.9. The second kappa shape index (κ2) is 33.3. The SMILES string of the molecule is CCCCc1ccc(COc2ccc(OCC(COc3ccc(OCc4cc[c]([Bi])cc4)cc3S(=O)(=O)O)Oc3ccc(CC(CN(CCN(CC(=O)O)CC(=O)O)CC(=O)O)N(CC(=O)O)CC(=O)O)cc3)c(SOOO)c2)cc1. The van der Waals surface area contributed by atoms with E-state index >= 15 is 0 Å². The average Bonchev–Trinajstić information content (AvgIpc) is 3.42. The molecule has 7 N–H and O–H groups in total. The van der Waals surface area contributed by atoms with Crippen molar-refractivity contribution >= 4 is 80.0 Å². The minimum atomic E-state index is -4.90. The van der Waals surface area contributed by atoms with Crippen LogP contribution in [0.5, 0.6) is 28.7 Å². The summed E-state index contributed by atoms with van der Waals surface area (Å²) < 4.78 is 72.3. The summed E-state index contributed by atoms with van der Waals surface area (Å²) in [5.74, 6) is -6.09. The number of benzene rings is 5. The molecule has 0 saturated carbocycles. The third kappa shape index (κ3) is 24.2. The summed E-state index contributed by atoms with van der Waals surface area (Å²) in [5, 5.41) is 61.0. The van der Waals surface area contributed by atoms with E-state index in [4.69, 9.17) is 33.3 Å². The fourth-order valence-corrected chi connectivity index (χ4v) is 9.75. The Morgan fingerprint density at radius 3 is 1.62 bits per heavy atom. The fraction of sp³-hybridized carbons (Fsp3) is 0.352. The number of hydrogen-bond acceptors (Lipinski definition) is 19. The van der Waals surface area contributed by atoms with E-state index in [-0.39, 0.29) is 73.8 Å². The zero-order valence-electron chi connectivity index (χ0n) is 43.8. The minimum absolute atomic E-state index is 0.0596. The van der Waals surface area contributed by atoms with Crippen LogP contribution in [0.25, 0.3) is 0 Å². The van der Waals surface area contributed by atoms with E-state index < -0.39 is 96.3 Å². The van der Waals surface area contributed by atoms with Crippen molar-refractivity contribution in [2.24, 2.45) is 0 Å². The number of carboxylic acid groups (broad SMARTS) is 5. The van der Waals surface area contributed by atoms with E-state index in [0.29, 0.717) is 23.4 Å². The molecule has 2 atom stereocenters. The molecule has 0 heterocycles. The van der Waals surface area contributed by atoms with Gasteiger partial charge in [-0.15, -0.1) is 4.33 Å². The van der Waals surface area contributed by atoms with Crippen molar-refractivity contribution in [3.63, 3.8) is 0 Å². The van der Waals surface area contributed by atoms with E-state index in [2.05, 4.69) is 24.1 Å². The largest absolute Gasteiger partial charge is 0.483 e. The van der Waals surface area contributed by atoms with Crippen molar-refractivity contribution in [2.75, 3.05) is 65.6 Å². The molecule has 5 aromatic carbocycles. The van der Waals surface area contributed by atoms with Crippen LogP contribution < -0.4 is 27.0 Å². The van der Waals surface area contributed by atoms with Crippen LogP contribution in [0.1, 0.15) is 42.0 Å². The van der Waals surface area contributed by atoms with Gasteiger partial charge in [-0.2, -0.15) is 0 Å². The maximum absolute atomic E-state index is 12.8. The third-order valence-corrected chi connectivity index (χ3v) is 14.5. The Balaban J connectivity index is 1.42. The van der Waals surface area contributed by atoms with E-state index in [1.165, 1.54) is 34.7 Å². The average molecular weight is 1360 g/mol. The molecule has 2 unspecified atom stereocenters. The van der Waals surface area contributed by atoms with E-state index in [9.17, 15) is 62.5 Å². The predicted octanol–water partition coefficient (Wildman–Crippen LogP) is 4.80. The molecule has 0 saturated heterocycles. The third-order valence-electron chi connectivity index (χ3n) is 11.9. The Bertz CT molecular complexity index is 2920. The smallest absolute Gasteiger partial charge is 0.317 e. The van der Waals surface area contributed by atoms with Crippen LogP contribution in [0.2, 0.25) is 0 Å². The summed E-state index contributed by atoms with van der Waals surface area (Å²) >= 11 is 1.67. The molecule has 24 nitrogen and oxygen atoms in total. The van der Waals surface area contributed by atoms with Crippen LogP contribution in [0.4, 0.5) is 0 Å². The number of carboxylic acids is 5. The Morgan fingerprint density at radius 1 is 0.593 bits per heavy atom. The number of rotatable bonds is 39. The fourth-order valence-electron chi connectivity index (χ4n) is 8.05.